The van der Waals surface area contributed by atoms with Crippen molar-refractivity contribution in [2.24, 2.45) is 0 Å². The highest BCUT2D eigenvalue weighted by atomic mass is 19.1. The summed E-state index contributed by atoms with van der Waals surface area (Å²) in [6.07, 6.45) is -0.350. The molecule has 5 heteroatoms. The lowest BCUT2D eigenvalue weighted by Gasteiger charge is -2.23. The van der Waals surface area contributed by atoms with Crippen molar-refractivity contribution in [3.05, 3.63) is 71.5 Å². The minimum atomic E-state index is -1.11. The van der Waals surface area contributed by atoms with Crippen LogP contribution in [0.4, 0.5) is 4.39 Å². The second-order valence-electron chi connectivity index (χ2n) is 4.98. The Morgan fingerprint density at radius 1 is 0.909 bits per heavy atom. The number of rotatable bonds is 6. The van der Waals surface area contributed by atoms with Crippen LogP contribution in [0.3, 0.4) is 0 Å². The molecule has 2 unspecified atom stereocenters. The molecule has 2 N–H and O–H groups in total. The summed E-state index contributed by atoms with van der Waals surface area (Å²) in [7, 11) is 0. The van der Waals surface area contributed by atoms with E-state index >= 15 is 0 Å². The number of halogens is 1. The number of aliphatic carboxylic acids is 2. The van der Waals surface area contributed by atoms with Gasteiger partial charge in [-0.1, -0.05) is 42.5 Å². The summed E-state index contributed by atoms with van der Waals surface area (Å²) in [5.41, 5.74) is 1.01. The first-order valence-electron chi connectivity index (χ1n) is 6.74. The summed E-state index contributed by atoms with van der Waals surface area (Å²) in [4.78, 5) is 22.8. The van der Waals surface area contributed by atoms with Crippen LogP contribution in [0, 0.1) is 5.82 Å². The highest BCUT2D eigenvalue weighted by molar-refractivity contribution is 5.79. The van der Waals surface area contributed by atoms with E-state index in [-0.39, 0.29) is 6.42 Å². The van der Waals surface area contributed by atoms with Gasteiger partial charge in [0.2, 0.25) is 0 Å². The number of carboxylic acids is 2. The average molecular weight is 302 g/mol. The lowest BCUT2D eigenvalue weighted by molar-refractivity contribution is -0.140. The second kappa shape index (κ2) is 6.85. The van der Waals surface area contributed by atoms with Gasteiger partial charge in [-0.3, -0.25) is 9.59 Å². The maximum atomic E-state index is 13.1. The third-order valence-corrected chi connectivity index (χ3v) is 3.52. The molecule has 0 saturated carbocycles. The van der Waals surface area contributed by atoms with Crippen molar-refractivity contribution in [2.75, 3.05) is 0 Å². The van der Waals surface area contributed by atoms with Gasteiger partial charge in [-0.25, -0.2) is 4.39 Å². The SMILES string of the molecule is O=C(O)CC(c1ccc(F)cc1)C(C(=O)O)c1ccccc1. The Balaban J connectivity index is 2.47. The molecule has 22 heavy (non-hydrogen) atoms. The third kappa shape index (κ3) is 3.69. The normalized spacial score (nSPS) is 13.3. The molecule has 2 aromatic rings. The first-order chi connectivity index (χ1) is 10.5. The van der Waals surface area contributed by atoms with Crippen LogP contribution in [0.25, 0.3) is 0 Å². The van der Waals surface area contributed by atoms with Crippen molar-refractivity contribution in [3.63, 3.8) is 0 Å². The fourth-order valence-corrected chi connectivity index (χ4v) is 2.53. The number of carboxylic acid groups (broad SMARTS) is 2. The molecule has 0 aliphatic rings. The molecule has 0 amide bonds. The van der Waals surface area contributed by atoms with Crippen LogP contribution in [-0.2, 0) is 9.59 Å². The van der Waals surface area contributed by atoms with Gasteiger partial charge in [0.25, 0.3) is 0 Å². The van der Waals surface area contributed by atoms with Gasteiger partial charge in [-0.15, -0.1) is 0 Å². The summed E-state index contributed by atoms with van der Waals surface area (Å²) in [5.74, 6) is -4.46. The highest BCUT2D eigenvalue weighted by Crippen LogP contribution is 2.36. The Labute approximate surface area is 126 Å². The van der Waals surface area contributed by atoms with E-state index in [0.717, 1.165) is 0 Å². The second-order valence-corrected chi connectivity index (χ2v) is 4.98. The topological polar surface area (TPSA) is 74.6 Å². The Hall–Kier alpha value is -2.69. The molecule has 0 fully saturated rings. The molecule has 2 rings (SSSR count). The van der Waals surface area contributed by atoms with Crippen molar-refractivity contribution in [2.45, 2.75) is 18.3 Å². The molecule has 0 bridgehead atoms. The van der Waals surface area contributed by atoms with Crippen LogP contribution < -0.4 is 0 Å². The Morgan fingerprint density at radius 2 is 1.50 bits per heavy atom. The van der Waals surface area contributed by atoms with Gasteiger partial charge in [-0.05, 0) is 23.3 Å². The van der Waals surface area contributed by atoms with E-state index in [1.54, 1.807) is 30.3 Å². The van der Waals surface area contributed by atoms with Crippen molar-refractivity contribution in [1.29, 1.82) is 0 Å². The van der Waals surface area contributed by atoms with Crippen LogP contribution in [0.1, 0.15) is 29.4 Å². The predicted molar refractivity (Wildman–Crippen MR) is 78.2 cm³/mol. The number of benzene rings is 2. The van der Waals surface area contributed by atoms with E-state index in [2.05, 4.69) is 0 Å². The minimum absolute atomic E-state index is 0.350. The molecule has 0 aliphatic carbocycles. The van der Waals surface area contributed by atoms with E-state index < -0.39 is 29.6 Å². The van der Waals surface area contributed by atoms with Gasteiger partial charge in [0, 0.05) is 5.92 Å². The van der Waals surface area contributed by atoms with Crippen LogP contribution in [-0.4, -0.2) is 22.2 Å². The molecule has 114 valence electrons. The lowest BCUT2D eigenvalue weighted by atomic mass is 9.79. The zero-order chi connectivity index (χ0) is 16.1. The van der Waals surface area contributed by atoms with E-state index in [1.807, 2.05) is 0 Å². The summed E-state index contributed by atoms with van der Waals surface area (Å²) in [6, 6.07) is 13.7. The van der Waals surface area contributed by atoms with E-state index in [1.165, 1.54) is 24.3 Å². The fourth-order valence-electron chi connectivity index (χ4n) is 2.53. The van der Waals surface area contributed by atoms with Crippen molar-refractivity contribution < 1.29 is 24.2 Å². The molecule has 0 heterocycles. The van der Waals surface area contributed by atoms with Gasteiger partial charge < -0.3 is 10.2 Å². The van der Waals surface area contributed by atoms with Gasteiger partial charge >= 0.3 is 11.9 Å². The van der Waals surface area contributed by atoms with Crippen LogP contribution in [0.2, 0.25) is 0 Å². The summed E-state index contributed by atoms with van der Waals surface area (Å²) in [5, 5.41) is 18.7. The number of hydrogen-bond donors (Lipinski definition) is 2. The fraction of sp³-hybridized carbons (Fsp3) is 0.176. The Kier molecular flexibility index (Phi) is 4.88. The van der Waals surface area contributed by atoms with E-state index in [0.29, 0.717) is 11.1 Å². The standard InChI is InChI=1S/C17H15FO4/c18-13-8-6-11(7-9-13)14(10-15(19)20)16(17(21)22)12-4-2-1-3-5-12/h1-9,14,16H,10H2,(H,19,20)(H,21,22). The molecule has 2 atom stereocenters. The molecular formula is C17H15FO4. The van der Waals surface area contributed by atoms with E-state index in [4.69, 9.17) is 5.11 Å². The molecular weight excluding hydrogens is 287 g/mol. The monoisotopic (exact) mass is 302 g/mol. The zero-order valence-corrected chi connectivity index (χ0v) is 11.6. The molecule has 4 nitrogen and oxygen atoms in total. The summed E-state index contributed by atoms with van der Waals surface area (Å²) < 4.78 is 13.1. The first kappa shape index (κ1) is 15.7. The van der Waals surface area contributed by atoms with Gasteiger partial charge in [0.1, 0.15) is 5.82 Å². The molecule has 0 aromatic heterocycles. The summed E-state index contributed by atoms with van der Waals surface area (Å²) in [6.45, 7) is 0. The lowest BCUT2D eigenvalue weighted by Crippen LogP contribution is -2.22. The van der Waals surface area contributed by atoms with E-state index in [9.17, 15) is 19.1 Å². The van der Waals surface area contributed by atoms with Crippen LogP contribution in [0.5, 0.6) is 0 Å². The van der Waals surface area contributed by atoms with Crippen LogP contribution in [0.15, 0.2) is 54.6 Å². The first-order valence-corrected chi connectivity index (χ1v) is 6.74. The van der Waals surface area contributed by atoms with Gasteiger partial charge in [0.05, 0.1) is 12.3 Å². The Morgan fingerprint density at radius 3 is 2.00 bits per heavy atom. The van der Waals surface area contributed by atoms with Crippen molar-refractivity contribution in [3.8, 4) is 0 Å². The molecule has 0 spiro atoms. The quantitative estimate of drug-likeness (QED) is 0.859. The Bertz CT molecular complexity index is 652. The maximum Gasteiger partial charge on any atom is 0.311 e. The highest BCUT2D eigenvalue weighted by Gasteiger charge is 2.32. The third-order valence-electron chi connectivity index (χ3n) is 3.52. The van der Waals surface area contributed by atoms with Crippen molar-refractivity contribution >= 4 is 11.9 Å². The number of hydrogen-bond acceptors (Lipinski definition) is 2. The zero-order valence-electron chi connectivity index (χ0n) is 11.6. The van der Waals surface area contributed by atoms with Crippen LogP contribution >= 0.6 is 0 Å². The smallest absolute Gasteiger partial charge is 0.311 e. The molecule has 0 saturated heterocycles. The molecule has 0 aliphatic heterocycles. The minimum Gasteiger partial charge on any atom is -0.481 e. The van der Waals surface area contributed by atoms with Gasteiger partial charge in [-0.2, -0.15) is 0 Å². The maximum absolute atomic E-state index is 13.1. The van der Waals surface area contributed by atoms with Gasteiger partial charge in [0.15, 0.2) is 0 Å². The molecule has 0 radical (unpaired) electrons. The number of carbonyl (C=O) groups is 2. The average Bonchev–Trinajstić information content (AvgIpc) is 2.48. The van der Waals surface area contributed by atoms with Crippen molar-refractivity contribution in [1.82, 2.24) is 0 Å². The predicted octanol–water partition coefficient (Wildman–Crippen LogP) is 3.25. The molecule has 2 aromatic carbocycles. The largest absolute Gasteiger partial charge is 0.481 e. The summed E-state index contributed by atoms with van der Waals surface area (Å²) >= 11 is 0.